The molecule has 0 aliphatic carbocycles. The van der Waals surface area contributed by atoms with E-state index in [0.29, 0.717) is 23.7 Å². The average Bonchev–Trinajstić information content (AvgIpc) is 3.14. The molecule has 0 spiro atoms. The molecule has 9 nitrogen and oxygen atoms in total. The highest BCUT2D eigenvalue weighted by Crippen LogP contribution is 2.39. The van der Waals surface area contributed by atoms with Gasteiger partial charge in [0.2, 0.25) is 11.8 Å². The van der Waals surface area contributed by atoms with Gasteiger partial charge in [0.1, 0.15) is 11.4 Å². The normalized spacial score (nSPS) is 13.1. The first-order valence-corrected chi connectivity index (χ1v) is 10.5. The van der Waals surface area contributed by atoms with E-state index in [4.69, 9.17) is 21.1 Å². The molecule has 0 unspecified atom stereocenters. The SMILES string of the molecule is COc1cc(F)c([N+](=O)[O-])cc1Nc1ncc(F)c(-c2c3n(c4cc(Cl)ccc24)CCOC3)n1. The Morgan fingerprint density at radius 1 is 1.26 bits per heavy atom. The van der Waals surface area contributed by atoms with E-state index < -0.39 is 22.2 Å². The maximum absolute atomic E-state index is 15.0. The minimum Gasteiger partial charge on any atom is -0.494 e. The second kappa shape index (κ2) is 8.50. The van der Waals surface area contributed by atoms with Gasteiger partial charge in [-0.1, -0.05) is 17.7 Å². The molecule has 1 aliphatic heterocycles. The van der Waals surface area contributed by atoms with Crippen molar-refractivity contribution in [2.24, 2.45) is 0 Å². The van der Waals surface area contributed by atoms with Gasteiger partial charge in [-0.3, -0.25) is 10.1 Å². The van der Waals surface area contributed by atoms with E-state index >= 15 is 4.39 Å². The third-order valence-corrected chi connectivity index (χ3v) is 5.76. The Balaban J connectivity index is 1.64. The molecule has 12 heteroatoms. The standard InChI is InChI=1S/C22H16ClF2N5O4/c1-33-19-7-13(24)17(30(31)32)8-15(19)27-22-26-9-14(25)21(28-22)20-12-3-2-11(23)6-16(12)29-4-5-34-10-18(20)29/h2-3,6-9H,4-5,10H2,1H3,(H,26,27,28). The van der Waals surface area contributed by atoms with Crippen molar-refractivity contribution in [1.29, 1.82) is 0 Å². The second-order valence-corrected chi connectivity index (χ2v) is 7.90. The van der Waals surface area contributed by atoms with Gasteiger partial charge < -0.3 is 19.4 Å². The van der Waals surface area contributed by atoms with Crippen LogP contribution >= 0.6 is 11.6 Å². The molecular weight excluding hydrogens is 472 g/mol. The van der Waals surface area contributed by atoms with Crippen LogP contribution < -0.4 is 10.1 Å². The van der Waals surface area contributed by atoms with Gasteiger partial charge in [0.25, 0.3) is 0 Å². The molecule has 34 heavy (non-hydrogen) atoms. The van der Waals surface area contributed by atoms with Gasteiger partial charge in [0.05, 0.1) is 48.3 Å². The van der Waals surface area contributed by atoms with E-state index in [9.17, 15) is 14.5 Å². The summed E-state index contributed by atoms with van der Waals surface area (Å²) in [5, 5.41) is 15.2. The minimum atomic E-state index is -1.06. The Morgan fingerprint density at radius 2 is 2.09 bits per heavy atom. The van der Waals surface area contributed by atoms with E-state index in [1.54, 1.807) is 18.2 Å². The Hall–Kier alpha value is -3.83. The number of rotatable bonds is 5. The van der Waals surface area contributed by atoms with Crippen molar-refractivity contribution in [3.05, 3.63) is 69.0 Å². The number of aromatic nitrogens is 3. The molecular formula is C22H16ClF2N5O4. The molecule has 1 N–H and O–H groups in total. The van der Waals surface area contributed by atoms with Crippen molar-refractivity contribution in [3.8, 4) is 17.0 Å². The van der Waals surface area contributed by atoms with E-state index in [2.05, 4.69) is 15.3 Å². The first kappa shape index (κ1) is 22.0. The number of fused-ring (bicyclic) bond motifs is 3. The summed E-state index contributed by atoms with van der Waals surface area (Å²) in [6.07, 6.45) is 0.991. The van der Waals surface area contributed by atoms with E-state index in [1.165, 1.54) is 7.11 Å². The summed E-state index contributed by atoms with van der Waals surface area (Å²) < 4.78 is 41.8. The molecule has 2 aromatic carbocycles. The third-order valence-electron chi connectivity index (χ3n) is 5.53. The average molecular weight is 488 g/mol. The van der Waals surface area contributed by atoms with Crippen molar-refractivity contribution in [1.82, 2.24) is 14.5 Å². The number of hydrogen-bond acceptors (Lipinski definition) is 7. The molecule has 0 amide bonds. The lowest BCUT2D eigenvalue weighted by atomic mass is 10.1. The zero-order valence-electron chi connectivity index (χ0n) is 17.6. The largest absolute Gasteiger partial charge is 0.494 e. The number of nitrogens with one attached hydrogen (secondary N) is 1. The van der Waals surface area contributed by atoms with Crippen molar-refractivity contribution < 1.29 is 23.2 Å². The Morgan fingerprint density at radius 3 is 2.85 bits per heavy atom. The first-order valence-electron chi connectivity index (χ1n) is 10.1. The maximum atomic E-state index is 15.0. The van der Waals surface area contributed by atoms with E-state index in [1.807, 2.05) is 4.57 Å². The number of ether oxygens (including phenoxy) is 2. The topological polar surface area (TPSA) is 104 Å². The molecule has 0 radical (unpaired) electrons. The van der Waals surface area contributed by atoms with Gasteiger partial charge in [-0.15, -0.1) is 0 Å². The van der Waals surface area contributed by atoms with Crippen LogP contribution in [0.5, 0.6) is 5.75 Å². The molecule has 0 bridgehead atoms. The number of benzene rings is 2. The van der Waals surface area contributed by atoms with Crippen molar-refractivity contribution in [2.75, 3.05) is 19.0 Å². The molecule has 3 heterocycles. The fourth-order valence-electron chi connectivity index (χ4n) is 4.04. The molecule has 0 saturated carbocycles. The zero-order valence-corrected chi connectivity index (χ0v) is 18.4. The van der Waals surface area contributed by atoms with Crippen LogP contribution in [0.15, 0.2) is 36.5 Å². The summed E-state index contributed by atoms with van der Waals surface area (Å²) in [6.45, 7) is 1.33. The van der Waals surface area contributed by atoms with E-state index in [0.717, 1.165) is 34.9 Å². The molecule has 4 aromatic rings. The number of nitrogens with zero attached hydrogens (tertiary/aromatic N) is 4. The molecule has 174 valence electrons. The molecule has 0 atom stereocenters. The second-order valence-electron chi connectivity index (χ2n) is 7.46. The Bertz CT molecular complexity index is 1460. The lowest BCUT2D eigenvalue weighted by Crippen LogP contribution is -2.16. The quantitative estimate of drug-likeness (QED) is 0.304. The van der Waals surface area contributed by atoms with Crippen LogP contribution in [-0.2, 0) is 17.9 Å². The fraction of sp³-hybridized carbons (Fsp3) is 0.182. The monoisotopic (exact) mass is 487 g/mol. The number of nitro groups is 1. The summed E-state index contributed by atoms with van der Waals surface area (Å²) >= 11 is 6.20. The number of anilines is 2. The Labute approximate surface area is 196 Å². The van der Waals surface area contributed by atoms with E-state index in [-0.39, 0.29) is 29.7 Å². The highest BCUT2D eigenvalue weighted by atomic mass is 35.5. The summed E-state index contributed by atoms with van der Waals surface area (Å²) in [5.74, 6) is -1.79. The van der Waals surface area contributed by atoms with Crippen LogP contribution in [-0.4, -0.2) is 33.2 Å². The first-order chi connectivity index (χ1) is 16.4. The molecule has 0 fully saturated rings. The number of nitro benzene ring substituents is 1. The predicted octanol–water partition coefficient (Wildman–Crippen LogP) is 5.22. The summed E-state index contributed by atoms with van der Waals surface area (Å²) in [4.78, 5) is 18.6. The minimum absolute atomic E-state index is 0.00712. The smallest absolute Gasteiger partial charge is 0.307 e. The highest BCUT2D eigenvalue weighted by Gasteiger charge is 2.26. The Kier molecular flexibility index (Phi) is 5.50. The predicted molar refractivity (Wildman–Crippen MR) is 120 cm³/mol. The summed E-state index contributed by atoms with van der Waals surface area (Å²) in [5.41, 5.74) is 1.40. The summed E-state index contributed by atoms with van der Waals surface area (Å²) in [7, 11) is 1.29. The number of methoxy groups -OCH3 is 1. The van der Waals surface area contributed by atoms with Gasteiger partial charge >= 0.3 is 5.69 Å². The lowest BCUT2D eigenvalue weighted by Gasteiger charge is -2.18. The lowest BCUT2D eigenvalue weighted by molar-refractivity contribution is -0.387. The van der Waals surface area contributed by atoms with Crippen LogP contribution in [0.1, 0.15) is 5.69 Å². The van der Waals surface area contributed by atoms with Gasteiger partial charge in [-0.2, -0.15) is 4.39 Å². The van der Waals surface area contributed by atoms with Crippen molar-refractivity contribution in [3.63, 3.8) is 0 Å². The maximum Gasteiger partial charge on any atom is 0.307 e. The zero-order chi connectivity index (χ0) is 24.0. The van der Waals surface area contributed by atoms with Crippen LogP contribution in [0.25, 0.3) is 22.2 Å². The van der Waals surface area contributed by atoms with Crippen LogP contribution in [0, 0.1) is 21.7 Å². The van der Waals surface area contributed by atoms with Crippen LogP contribution in [0.3, 0.4) is 0 Å². The molecule has 5 rings (SSSR count). The van der Waals surface area contributed by atoms with Crippen LogP contribution in [0.4, 0.5) is 26.1 Å². The van der Waals surface area contributed by atoms with Gasteiger partial charge in [-0.05, 0) is 12.1 Å². The van der Waals surface area contributed by atoms with Gasteiger partial charge in [0.15, 0.2) is 5.82 Å². The summed E-state index contributed by atoms with van der Waals surface area (Å²) in [6, 6.07) is 7.14. The number of hydrogen-bond donors (Lipinski definition) is 1. The van der Waals surface area contributed by atoms with Crippen molar-refractivity contribution >= 4 is 39.8 Å². The molecule has 0 saturated heterocycles. The van der Waals surface area contributed by atoms with Crippen LogP contribution in [0.2, 0.25) is 5.02 Å². The molecule has 1 aliphatic rings. The fourth-order valence-corrected chi connectivity index (χ4v) is 4.21. The van der Waals surface area contributed by atoms with Gasteiger partial charge in [0, 0.05) is 34.6 Å². The third kappa shape index (κ3) is 3.68. The highest BCUT2D eigenvalue weighted by molar-refractivity contribution is 6.31. The van der Waals surface area contributed by atoms with Gasteiger partial charge in [-0.25, -0.2) is 14.4 Å². The van der Waals surface area contributed by atoms with Crippen molar-refractivity contribution in [2.45, 2.75) is 13.2 Å². The molecule has 2 aromatic heterocycles. The number of halogens is 3.